The Bertz CT molecular complexity index is 1370. The normalized spacial score (nSPS) is 26.2. The van der Waals surface area contributed by atoms with Gasteiger partial charge in [-0.2, -0.15) is 0 Å². The summed E-state index contributed by atoms with van der Waals surface area (Å²) in [7, 11) is 0. The topological polar surface area (TPSA) is 214 Å². The van der Waals surface area contributed by atoms with Gasteiger partial charge in [-0.05, 0) is 77.0 Å². The lowest BCUT2D eigenvalue weighted by Gasteiger charge is -2.42. The number of esters is 1. The van der Waals surface area contributed by atoms with Crippen molar-refractivity contribution in [3.63, 3.8) is 0 Å². The van der Waals surface area contributed by atoms with E-state index in [1.54, 1.807) is 0 Å². The lowest BCUT2D eigenvalue weighted by molar-refractivity contribution is -0.332. The van der Waals surface area contributed by atoms with Gasteiger partial charge in [0.05, 0.1) is 26.4 Å². The number of rotatable bonds is 42. The highest BCUT2D eigenvalue weighted by molar-refractivity contribution is 5.69. The van der Waals surface area contributed by atoms with Gasteiger partial charge in [-0.25, -0.2) is 0 Å². The highest BCUT2D eigenvalue weighted by Gasteiger charge is 2.47. The summed E-state index contributed by atoms with van der Waals surface area (Å²) in [6, 6.07) is 0. The van der Waals surface area contributed by atoms with Crippen molar-refractivity contribution in [1.29, 1.82) is 0 Å². The second-order valence-corrected chi connectivity index (χ2v) is 18.7. The van der Waals surface area contributed by atoms with Crippen molar-refractivity contribution in [2.45, 2.75) is 248 Å². The number of carbonyl (C=O) groups is 1. The molecule has 2 saturated heterocycles. The molecular formula is C55H96O14. The van der Waals surface area contributed by atoms with E-state index in [-0.39, 0.29) is 25.6 Å². The minimum atomic E-state index is -1.71. The number of carbonyl (C=O) groups excluding carboxylic acids is 1. The first-order valence-electron chi connectivity index (χ1n) is 26.9. The summed E-state index contributed by atoms with van der Waals surface area (Å²) < 4.78 is 34.3. The molecule has 14 nitrogen and oxygen atoms in total. The summed E-state index contributed by atoms with van der Waals surface area (Å²) in [6.45, 7) is 3.52. The first-order valence-corrected chi connectivity index (χ1v) is 26.9. The maximum Gasteiger partial charge on any atom is 0.306 e. The third kappa shape index (κ3) is 29.7. The highest BCUT2D eigenvalue weighted by atomic mass is 16.7. The molecule has 2 aliphatic heterocycles. The van der Waals surface area contributed by atoms with E-state index in [1.807, 2.05) is 0 Å². The Hall–Kier alpha value is -2.31. The van der Waals surface area contributed by atoms with Crippen LogP contribution in [0.4, 0.5) is 0 Å². The minimum absolute atomic E-state index is 0.0509. The lowest BCUT2D eigenvalue weighted by atomic mass is 9.98. The summed E-state index contributed by atoms with van der Waals surface area (Å²) in [5.41, 5.74) is 0. The van der Waals surface area contributed by atoms with Crippen molar-refractivity contribution < 1.29 is 69.0 Å². The van der Waals surface area contributed by atoms with Gasteiger partial charge < -0.3 is 64.2 Å². The molecule has 7 N–H and O–H groups in total. The quantitative estimate of drug-likeness (QED) is 0.0174. The first-order chi connectivity index (χ1) is 33.6. The highest BCUT2D eigenvalue weighted by Crippen LogP contribution is 2.26. The molecule has 11 atom stereocenters. The SMILES string of the molecule is CC/C=C\C/C=C\C/C=C\CCCCCCCCCCOCC(COC1OC(COC2OC(CO)C(O)C(O)C2O)C(O)C(O)C1O)OC(=O)CCCCCCCCC/C=C\C/C=C\CCCCC. The van der Waals surface area contributed by atoms with Crippen molar-refractivity contribution in [2.75, 3.05) is 33.0 Å². The van der Waals surface area contributed by atoms with Gasteiger partial charge in [-0.3, -0.25) is 4.79 Å². The van der Waals surface area contributed by atoms with Crippen molar-refractivity contribution in [1.82, 2.24) is 0 Å². The molecule has 0 aliphatic carbocycles. The molecule has 2 aliphatic rings. The maximum absolute atomic E-state index is 13.0. The molecule has 14 heteroatoms. The van der Waals surface area contributed by atoms with Crippen LogP contribution in [-0.4, -0.2) is 142 Å². The van der Waals surface area contributed by atoms with Gasteiger partial charge in [-0.1, -0.05) is 158 Å². The van der Waals surface area contributed by atoms with E-state index in [0.29, 0.717) is 13.0 Å². The molecule has 69 heavy (non-hydrogen) atoms. The predicted molar refractivity (Wildman–Crippen MR) is 270 cm³/mol. The second kappa shape index (κ2) is 42.2. The van der Waals surface area contributed by atoms with E-state index in [4.69, 9.17) is 28.4 Å². The zero-order chi connectivity index (χ0) is 50.2. The van der Waals surface area contributed by atoms with Gasteiger partial charge in [0.1, 0.15) is 54.9 Å². The Kier molecular flexibility index (Phi) is 38.4. The number of hydrogen-bond acceptors (Lipinski definition) is 14. The van der Waals surface area contributed by atoms with E-state index >= 15 is 0 Å². The predicted octanol–water partition coefficient (Wildman–Crippen LogP) is 8.52. The zero-order valence-corrected chi connectivity index (χ0v) is 42.5. The van der Waals surface area contributed by atoms with Gasteiger partial charge in [0.15, 0.2) is 12.6 Å². The smallest absolute Gasteiger partial charge is 0.306 e. The number of allylic oxidation sites excluding steroid dienone is 10. The molecule has 11 unspecified atom stereocenters. The maximum atomic E-state index is 13.0. The first kappa shape index (κ1) is 62.8. The molecule has 0 aromatic rings. The Morgan fingerprint density at radius 1 is 0.493 bits per heavy atom. The second-order valence-electron chi connectivity index (χ2n) is 18.7. The Morgan fingerprint density at radius 2 is 0.942 bits per heavy atom. The van der Waals surface area contributed by atoms with E-state index in [9.17, 15) is 40.5 Å². The average molecular weight is 981 g/mol. The van der Waals surface area contributed by atoms with E-state index in [2.05, 4.69) is 74.6 Å². The molecule has 0 aromatic carbocycles. The molecule has 0 aromatic heterocycles. The number of unbranched alkanes of at least 4 members (excludes halogenated alkanes) is 18. The van der Waals surface area contributed by atoms with Gasteiger partial charge in [0, 0.05) is 13.0 Å². The molecule has 2 fully saturated rings. The molecule has 400 valence electrons. The van der Waals surface area contributed by atoms with Crippen LogP contribution in [0.5, 0.6) is 0 Å². The molecule has 0 bridgehead atoms. The number of ether oxygens (including phenoxy) is 6. The minimum Gasteiger partial charge on any atom is -0.457 e. The van der Waals surface area contributed by atoms with Gasteiger partial charge in [0.25, 0.3) is 0 Å². The summed E-state index contributed by atoms with van der Waals surface area (Å²) in [6.07, 6.45) is 34.1. The summed E-state index contributed by atoms with van der Waals surface area (Å²) in [5, 5.41) is 72.2. The fourth-order valence-corrected chi connectivity index (χ4v) is 8.15. The largest absolute Gasteiger partial charge is 0.457 e. The molecule has 0 saturated carbocycles. The van der Waals surface area contributed by atoms with Crippen LogP contribution in [0, 0.1) is 0 Å². The standard InChI is InChI=1S/C55H96O14/c1-3-5-7-9-11-13-15-17-19-21-23-25-27-29-31-33-35-37-39-64-41-44(67-47(57)38-36-34-32-30-28-26-24-22-20-18-16-14-12-10-8-6-4-2)42-65-54-53(63)51(61)49(59)46(69-54)43-66-55-52(62)50(60)48(58)45(40-56)68-55/h5,7,11-14,17-20,44-46,48-56,58-63H,3-4,6,8-10,15-16,21-43H2,1-2H3/b7-5-,13-11-,14-12-,19-17-,20-18-. The number of aliphatic hydroxyl groups excluding tert-OH is 7. The van der Waals surface area contributed by atoms with Gasteiger partial charge in [0.2, 0.25) is 0 Å². The van der Waals surface area contributed by atoms with Crippen LogP contribution < -0.4 is 0 Å². The van der Waals surface area contributed by atoms with Crippen LogP contribution in [0.1, 0.15) is 181 Å². The van der Waals surface area contributed by atoms with E-state index in [1.165, 1.54) is 77.0 Å². The van der Waals surface area contributed by atoms with Crippen LogP contribution in [0.3, 0.4) is 0 Å². The third-order valence-electron chi connectivity index (χ3n) is 12.5. The molecule has 2 heterocycles. The zero-order valence-electron chi connectivity index (χ0n) is 42.5. The number of hydrogen-bond donors (Lipinski definition) is 7. The summed E-state index contributed by atoms with van der Waals surface area (Å²) in [5.74, 6) is -0.389. The Balaban J connectivity index is 1.76. The monoisotopic (exact) mass is 981 g/mol. The molecular weight excluding hydrogens is 885 g/mol. The van der Waals surface area contributed by atoms with Gasteiger partial charge >= 0.3 is 5.97 Å². The Morgan fingerprint density at radius 3 is 1.48 bits per heavy atom. The van der Waals surface area contributed by atoms with Crippen LogP contribution in [0.25, 0.3) is 0 Å². The van der Waals surface area contributed by atoms with Crippen LogP contribution in [0.15, 0.2) is 60.8 Å². The van der Waals surface area contributed by atoms with Crippen LogP contribution in [-0.2, 0) is 33.2 Å². The van der Waals surface area contributed by atoms with Crippen molar-refractivity contribution >= 4 is 5.97 Å². The molecule has 0 radical (unpaired) electrons. The molecule has 2 rings (SSSR count). The van der Waals surface area contributed by atoms with Crippen LogP contribution in [0.2, 0.25) is 0 Å². The average Bonchev–Trinajstić information content (AvgIpc) is 3.35. The van der Waals surface area contributed by atoms with E-state index < -0.39 is 80.7 Å². The lowest BCUT2D eigenvalue weighted by Crippen LogP contribution is -2.61. The van der Waals surface area contributed by atoms with Crippen LogP contribution >= 0.6 is 0 Å². The van der Waals surface area contributed by atoms with Crippen molar-refractivity contribution in [3.8, 4) is 0 Å². The fourth-order valence-electron chi connectivity index (χ4n) is 8.15. The summed E-state index contributed by atoms with van der Waals surface area (Å²) >= 11 is 0. The van der Waals surface area contributed by atoms with Crippen molar-refractivity contribution in [2.24, 2.45) is 0 Å². The third-order valence-corrected chi connectivity index (χ3v) is 12.5. The molecule has 0 amide bonds. The van der Waals surface area contributed by atoms with Gasteiger partial charge in [-0.15, -0.1) is 0 Å². The summed E-state index contributed by atoms with van der Waals surface area (Å²) in [4.78, 5) is 13.0. The van der Waals surface area contributed by atoms with E-state index in [0.717, 1.165) is 77.0 Å². The molecule has 0 spiro atoms. The number of aliphatic hydroxyl groups is 7. The Labute approximate surface area is 415 Å². The fraction of sp³-hybridized carbons (Fsp3) is 0.800. The van der Waals surface area contributed by atoms with Crippen molar-refractivity contribution in [3.05, 3.63) is 60.8 Å².